The van der Waals surface area contributed by atoms with Crippen LogP contribution in [0, 0.1) is 6.26 Å². The zero-order valence-electron chi connectivity index (χ0n) is 5.02. The molecule has 0 fully saturated rings. The number of rotatable bonds is 2. The highest BCUT2D eigenvalue weighted by Gasteiger charge is 1.94. The lowest BCUT2D eigenvalue weighted by atomic mass is 10.6. The topological polar surface area (TPSA) is 55.2 Å². The van der Waals surface area contributed by atoms with E-state index in [9.17, 15) is 0 Å². The maximum absolute atomic E-state index is 8.08. The van der Waals surface area contributed by atoms with Crippen molar-refractivity contribution in [3.8, 4) is 5.88 Å². The lowest BCUT2D eigenvalue weighted by Gasteiger charge is -1.93. The third-order valence-corrected chi connectivity index (χ3v) is 1.37. The first-order valence-corrected chi connectivity index (χ1v) is 3.42. The van der Waals surface area contributed by atoms with Gasteiger partial charge in [0.1, 0.15) is 5.03 Å². The number of hydrogen-bond acceptors (Lipinski definition) is 5. The monoisotopic (exact) mass is 157 g/mol. The van der Waals surface area contributed by atoms with Crippen LogP contribution in [0.25, 0.3) is 0 Å². The van der Waals surface area contributed by atoms with Gasteiger partial charge in [0.25, 0.3) is 5.88 Å². The fourth-order valence-electron chi connectivity index (χ4n) is 0.433. The van der Waals surface area contributed by atoms with Crippen molar-refractivity contribution in [2.75, 3.05) is 0 Å². The summed E-state index contributed by atoms with van der Waals surface area (Å²) >= 11 is 1.23. The lowest BCUT2D eigenvalue weighted by Crippen LogP contribution is -1.90. The van der Waals surface area contributed by atoms with Crippen molar-refractivity contribution in [1.82, 2.24) is 10.2 Å². The van der Waals surface area contributed by atoms with Gasteiger partial charge in [0, 0.05) is 12.3 Å². The first kappa shape index (κ1) is 7.30. The molecule has 0 aliphatic rings. The van der Waals surface area contributed by atoms with Crippen molar-refractivity contribution in [2.45, 2.75) is 5.03 Å². The molecule has 0 atom stereocenters. The molecule has 1 N–H and O–H groups in total. The number of nitrogens with zero attached hydrogens (tertiary/aromatic N) is 2. The summed E-state index contributed by atoms with van der Waals surface area (Å²) in [5.74, 6) is 0.0813. The Morgan fingerprint density at radius 2 is 2.30 bits per heavy atom. The van der Waals surface area contributed by atoms with Crippen LogP contribution < -0.4 is 4.89 Å². The number of thioether (sulfide) groups is 1. The summed E-state index contributed by atoms with van der Waals surface area (Å²) in [6.45, 7) is 0. The van der Waals surface area contributed by atoms with Gasteiger partial charge in [0.05, 0.1) is 0 Å². The van der Waals surface area contributed by atoms with Gasteiger partial charge in [-0.1, -0.05) is 0 Å². The van der Waals surface area contributed by atoms with E-state index in [0.717, 1.165) is 0 Å². The SMILES string of the molecule is [CH2]Sc1ccc(OO)nn1. The molecular formula is C5H5N2O2S. The molecule has 1 rings (SSSR count). The van der Waals surface area contributed by atoms with Gasteiger partial charge in [-0.2, -0.15) is 0 Å². The molecule has 0 spiro atoms. The predicted octanol–water partition coefficient (Wildman–Crippen LogP) is 1.21. The van der Waals surface area contributed by atoms with Crippen LogP contribution in [0.1, 0.15) is 0 Å². The highest BCUT2D eigenvalue weighted by Crippen LogP contribution is 2.13. The molecule has 1 radical (unpaired) electrons. The molecule has 0 unspecified atom stereocenters. The first-order chi connectivity index (χ1) is 4.86. The van der Waals surface area contributed by atoms with E-state index in [2.05, 4.69) is 21.3 Å². The zero-order valence-corrected chi connectivity index (χ0v) is 5.84. The van der Waals surface area contributed by atoms with E-state index in [1.807, 2.05) is 0 Å². The Bertz CT molecular complexity index is 178. The van der Waals surface area contributed by atoms with E-state index in [0.29, 0.717) is 5.03 Å². The van der Waals surface area contributed by atoms with Gasteiger partial charge >= 0.3 is 0 Å². The average Bonchev–Trinajstić information content (AvgIpc) is 2.05. The van der Waals surface area contributed by atoms with Gasteiger partial charge in [-0.25, -0.2) is 5.26 Å². The van der Waals surface area contributed by atoms with Crippen LogP contribution in [-0.2, 0) is 0 Å². The van der Waals surface area contributed by atoms with Crippen LogP contribution in [-0.4, -0.2) is 15.5 Å². The second-order valence-corrected chi connectivity index (χ2v) is 2.15. The first-order valence-electron chi connectivity index (χ1n) is 2.44. The molecular weight excluding hydrogens is 152 g/mol. The Morgan fingerprint density at radius 3 is 2.70 bits per heavy atom. The van der Waals surface area contributed by atoms with Gasteiger partial charge in [-0.3, -0.25) is 0 Å². The summed E-state index contributed by atoms with van der Waals surface area (Å²) in [6, 6.07) is 3.15. The lowest BCUT2D eigenvalue weighted by molar-refractivity contribution is -0.142. The normalized spacial score (nSPS) is 9.40. The van der Waals surface area contributed by atoms with Crippen LogP contribution in [0.15, 0.2) is 17.2 Å². The second kappa shape index (κ2) is 3.38. The standard InChI is InChI=1S/C5H5N2O2S/c1-10-5-3-2-4(9-8)6-7-5/h2-3,8H,1H2. The highest BCUT2D eigenvalue weighted by atomic mass is 32.2. The summed E-state index contributed by atoms with van der Waals surface area (Å²) in [5, 5.41) is 15.9. The Morgan fingerprint density at radius 1 is 1.50 bits per heavy atom. The van der Waals surface area contributed by atoms with Crippen molar-refractivity contribution >= 4 is 11.8 Å². The minimum absolute atomic E-state index is 0.0813. The maximum Gasteiger partial charge on any atom is 0.274 e. The van der Waals surface area contributed by atoms with E-state index in [1.165, 1.54) is 17.8 Å². The molecule has 0 saturated heterocycles. The predicted molar refractivity (Wildman–Crippen MR) is 36.5 cm³/mol. The molecule has 0 aromatic carbocycles. The van der Waals surface area contributed by atoms with Gasteiger partial charge in [0.2, 0.25) is 0 Å². The van der Waals surface area contributed by atoms with Gasteiger partial charge in [0.15, 0.2) is 0 Å². The summed E-state index contributed by atoms with van der Waals surface area (Å²) < 4.78 is 0. The van der Waals surface area contributed by atoms with E-state index >= 15 is 0 Å². The Kier molecular flexibility index (Phi) is 2.47. The van der Waals surface area contributed by atoms with Crippen LogP contribution in [0.5, 0.6) is 5.88 Å². The Labute approximate surface area is 62.2 Å². The molecule has 1 aromatic rings. The third kappa shape index (κ3) is 1.58. The molecule has 10 heavy (non-hydrogen) atoms. The van der Waals surface area contributed by atoms with Crippen LogP contribution >= 0.6 is 11.8 Å². The molecule has 1 aromatic heterocycles. The van der Waals surface area contributed by atoms with Crippen molar-refractivity contribution in [1.29, 1.82) is 0 Å². The maximum atomic E-state index is 8.08. The fourth-order valence-corrected chi connectivity index (χ4v) is 0.696. The molecule has 0 aliphatic carbocycles. The van der Waals surface area contributed by atoms with E-state index in [1.54, 1.807) is 6.07 Å². The third-order valence-electron chi connectivity index (χ3n) is 0.857. The summed E-state index contributed by atoms with van der Waals surface area (Å²) in [7, 11) is 0. The summed E-state index contributed by atoms with van der Waals surface area (Å²) in [4.78, 5) is 3.81. The molecule has 0 amide bonds. The molecule has 5 heteroatoms. The smallest absolute Gasteiger partial charge is 0.274 e. The molecule has 0 bridgehead atoms. The van der Waals surface area contributed by atoms with Crippen molar-refractivity contribution in [3.05, 3.63) is 18.4 Å². The Hall–Kier alpha value is -0.810. The van der Waals surface area contributed by atoms with Gasteiger partial charge in [-0.05, 0) is 6.07 Å². The number of aromatic nitrogens is 2. The zero-order chi connectivity index (χ0) is 7.40. The van der Waals surface area contributed by atoms with Gasteiger partial charge < -0.3 is 4.89 Å². The molecule has 0 saturated carbocycles. The minimum Gasteiger partial charge on any atom is -0.318 e. The highest BCUT2D eigenvalue weighted by molar-refractivity contribution is 8.00. The van der Waals surface area contributed by atoms with Crippen molar-refractivity contribution in [3.63, 3.8) is 0 Å². The minimum atomic E-state index is 0.0813. The van der Waals surface area contributed by atoms with E-state index < -0.39 is 0 Å². The summed E-state index contributed by atoms with van der Waals surface area (Å²) in [6.07, 6.45) is 3.52. The molecule has 0 aliphatic heterocycles. The van der Waals surface area contributed by atoms with Crippen molar-refractivity contribution in [2.24, 2.45) is 0 Å². The van der Waals surface area contributed by atoms with E-state index in [-0.39, 0.29) is 5.88 Å². The molecule has 4 nitrogen and oxygen atoms in total. The average molecular weight is 157 g/mol. The quantitative estimate of drug-likeness (QED) is 0.397. The van der Waals surface area contributed by atoms with Crippen LogP contribution in [0.3, 0.4) is 0 Å². The number of hydrogen-bond donors (Lipinski definition) is 1. The Balaban J connectivity index is 2.80. The largest absolute Gasteiger partial charge is 0.318 e. The van der Waals surface area contributed by atoms with Crippen LogP contribution in [0.4, 0.5) is 0 Å². The summed E-state index contributed by atoms with van der Waals surface area (Å²) in [5.41, 5.74) is 0. The second-order valence-electron chi connectivity index (χ2n) is 1.45. The van der Waals surface area contributed by atoms with Gasteiger partial charge in [-0.15, -0.1) is 22.0 Å². The van der Waals surface area contributed by atoms with E-state index in [4.69, 9.17) is 5.26 Å². The fraction of sp³-hybridized carbons (Fsp3) is 0. The van der Waals surface area contributed by atoms with Crippen LogP contribution in [0.2, 0.25) is 0 Å². The van der Waals surface area contributed by atoms with Crippen molar-refractivity contribution < 1.29 is 10.1 Å². The molecule has 53 valence electrons. The molecule has 1 heterocycles.